The predicted octanol–water partition coefficient (Wildman–Crippen LogP) is 29.3. The Balaban J connectivity index is 0.763. The van der Waals surface area contributed by atoms with Gasteiger partial charge in [0.05, 0.1) is 0 Å². The van der Waals surface area contributed by atoms with Gasteiger partial charge in [-0.15, -0.1) is 0 Å². The lowest BCUT2D eigenvalue weighted by Crippen LogP contribution is -2.25. The van der Waals surface area contributed by atoms with Gasteiger partial charge in [0.15, 0.2) is 0 Å². The summed E-state index contributed by atoms with van der Waals surface area (Å²) in [5.74, 6) is 0. The average Bonchev–Trinajstić information content (AvgIpc) is 1.57. The summed E-state index contributed by atoms with van der Waals surface area (Å²) in [4.78, 5) is 4.87. The molecule has 0 unspecified atom stereocenters. The third-order valence-electron chi connectivity index (χ3n) is 22.4. The molecule has 0 bridgehead atoms. The van der Waals surface area contributed by atoms with E-state index < -0.39 is 0 Å². The summed E-state index contributed by atoms with van der Waals surface area (Å²) in [5.41, 5.74) is 32.5. The van der Waals surface area contributed by atoms with Gasteiger partial charge in [-0.05, 0) is 239 Å². The summed E-state index contributed by atoms with van der Waals surface area (Å²) in [7, 11) is 0. The monoisotopic (exact) mass is 1330 g/mol. The maximum absolute atomic E-state index is 2.62. The van der Waals surface area contributed by atoms with Crippen molar-refractivity contribution in [2.45, 2.75) is 122 Å². The number of hydrogen-bond acceptors (Lipinski definition) is 2. The standard InChI is InChI=1S/C101H92N2/c1-3-5-7-9-11-24-66-101(67-25-12-10-8-6-4-2)99-70-87(74-28-18-14-19-29-74)51-63-96(99)97-64-52-88(71-100(97)101)81-48-59-92(60-49-81)103(94-62-65-95(98(72-94)82-31-20-15-21-32-82)83-38-34-79(35-39-83)85-40-36-75-30-22-23-33-84(75)68-85)91-57-46-78(47-58-91)77-44-55-90(56-45-77)102(93-61-50-80-37-41-86(80)69-93)89-53-42-76(43-54-89)73-26-16-13-17-27-73/h13-23,26-36,38-40,42-65,68-72H,3-12,24-25,37,41,66-67H2,1-2H3. The van der Waals surface area contributed by atoms with Crippen LogP contribution in [0, 0.1) is 0 Å². The van der Waals surface area contributed by atoms with Gasteiger partial charge in [-0.2, -0.15) is 0 Å². The van der Waals surface area contributed by atoms with E-state index >= 15 is 0 Å². The third-order valence-corrected chi connectivity index (χ3v) is 22.4. The van der Waals surface area contributed by atoms with Crippen molar-refractivity contribution in [1.29, 1.82) is 0 Å². The van der Waals surface area contributed by atoms with Crippen LogP contribution in [0.2, 0.25) is 0 Å². The van der Waals surface area contributed by atoms with E-state index in [2.05, 4.69) is 351 Å². The fourth-order valence-electron chi connectivity index (χ4n) is 16.6. The van der Waals surface area contributed by atoms with Gasteiger partial charge >= 0.3 is 0 Å². The Hall–Kier alpha value is -11.1. The van der Waals surface area contributed by atoms with Crippen LogP contribution in [-0.4, -0.2) is 0 Å². The Bertz CT molecular complexity index is 5170. The van der Waals surface area contributed by atoms with Crippen LogP contribution in [0.4, 0.5) is 34.1 Å². The second-order valence-corrected chi connectivity index (χ2v) is 28.9. The summed E-state index contributed by atoms with van der Waals surface area (Å²) in [6.07, 6.45) is 20.1. The molecule has 103 heavy (non-hydrogen) atoms. The second-order valence-electron chi connectivity index (χ2n) is 28.9. The molecular formula is C101H92N2. The molecule has 2 aliphatic rings. The summed E-state index contributed by atoms with van der Waals surface area (Å²) < 4.78 is 0. The first-order valence-electron chi connectivity index (χ1n) is 38.3. The molecule has 16 rings (SSSR count). The smallest absolute Gasteiger partial charge is 0.0468 e. The highest BCUT2D eigenvalue weighted by Crippen LogP contribution is 2.56. The van der Waals surface area contributed by atoms with Crippen molar-refractivity contribution in [3.63, 3.8) is 0 Å². The summed E-state index contributed by atoms with van der Waals surface area (Å²) in [6.45, 7) is 4.66. The molecule has 0 aliphatic heterocycles. The fraction of sp³-hybridized carbons (Fsp3) is 0.188. The molecule has 0 radical (unpaired) electrons. The minimum absolute atomic E-state index is 0.0628. The van der Waals surface area contributed by atoms with Crippen LogP contribution in [0.1, 0.15) is 126 Å². The molecule has 0 saturated carbocycles. The minimum atomic E-state index is -0.0628. The van der Waals surface area contributed by atoms with Crippen molar-refractivity contribution in [3.8, 4) is 89.0 Å². The Morgan fingerprint density at radius 1 is 0.223 bits per heavy atom. The molecule has 0 fully saturated rings. The van der Waals surface area contributed by atoms with Crippen molar-refractivity contribution in [1.82, 2.24) is 0 Å². The number of aryl methyl sites for hydroxylation is 2. The second kappa shape index (κ2) is 30.6. The lowest BCUT2D eigenvalue weighted by molar-refractivity contribution is 0.398. The Kier molecular flexibility index (Phi) is 19.8. The van der Waals surface area contributed by atoms with Gasteiger partial charge in [0.2, 0.25) is 0 Å². The van der Waals surface area contributed by atoms with Gasteiger partial charge in [0.25, 0.3) is 0 Å². The normalized spacial score (nSPS) is 12.5. The molecule has 0 spiro atoms. The maximum Gasteiger partial charge on any atom is 0.0468 e. The maximum atomic E-state index is 2.62. The molecule has 2 aliphatic carbocycles. The van der Waals surface area contributed by atoms with Crippen LogP contribution in [0.5, 0.6) is 0 Å². The van der Waals surface area contributed by atoms with E-state index in [0.29, 0.717) is 0 Å². The summed E-state index contributed by atoms with van der Waals surface area (Å²) in [5, 5.41) is 2.50. The molecule has 14 aromatic carbocycles. The zero-order valence-corrected chi connectivity index (χ0v) is 59.9. The van der Waals surface area contributed by atoms with Crippen molar-refractivity contribution in [2.75, 3.05) is 9.80 Å². The van der Waals surface area contributed by atoms with Crippen LogP contribution in [-0.2, 0) is 18.3 Å². The topological polar surface area (TPSA) is 6.48 Å². The number of fused-ring (bicyclic) bond motifs is 5. The molecule has 0 atom stereocenters. The third kappa shape index (κ3) is 14.1. The van der Waals surface area contributed by atoms with E-state index in [0.717, 1.165) is 46.8 Å². The van der Waals surface area contributed by atoms with Crippen LogP contribution in [0.25, 0.3) is 99.8 Å². The van der Waals surface area contributed by atoms with E-state index in [-0.39, 0.29) is 5.41 Å². The van der Waals surface area contributed by atoms with E-state index in [9.17, 15) is 0 Å². The fourth-order valence-corrected chi connectivity index (χ4v) is 16.6. The lowest BCUT2D eigenvalue weighted by atomic mass is 9.70. The molecule has 0 heterocycles. The van der Waals surface area contributed by atoms with Gasteiger partial charge in [0.1, 0.15) is 0 Å². The first-order chi connectivity index (χ1) is 50.9. The molecule has 506 valence electrons. The van der Waals surface area contributed by atoms with Gasteiger partial charge < -0.3 is 9.80 Å². The molecule has 0 aromatic heterocycles. The number of rotatable bonds is 27. The first-order valence-corrected chi connectivity index (χ1v) is 38.3. The summed E-state index contributed by atoms with van der Waals surface area (Å²) >= 11 is 0. The van der Waals surface area contributed by atoms with Crippen molar-refractivity contribution >= 4 is 44.9 Å². The number of anilines is 6. The molecule has 14 aromatic rings. The predicted molar refractivity (Wildman–Crippen MR) is 441 cm³/mol. The molecule has 2 nitrogen and oxygen atoms in total. The quantitative estimate of drug-likeness (QED) is 0.0474. The van der Waals surface area contributed by atoms with E-state index in [4.69, 9.17) is 0 Å². The number of hydrogen-bond donors (Lipinski definition) is 0. The Labute approximate surface area is 611 Å². The Morgan fingerprint density at radius 3 is 1.03 bits per heavy atom. The van der Waals surface area contributed by atoms with Crippen LogP contribution < -0.4 is 9.80 Å². The molecular weight excluding hydrogens is 1240 g/mol. The number of benzene rings is 14. The molecule has 2 heteroatoms. The van der Waals surface area contributed by atoms with Crippen molar-refractivity contribution in [3.05, 3.63) is 350 Å². The zero-order valence-electron chi connectivity index (χ0n) is 59.9. The average molecular weight is 1330 g/mol. The highest BCUT2D eigenvalue weighted by molar-refractivity contribution is 5.93. The van der Waals surface area contributed by atoms with Crippen molar-refractivity contribution in [2.24, 2.45) is 0 Å². The van der Waals surface area contributed by atoms with Crippen LogP contribution in [0.3, 0.4) is 0 Å². The summed E-state index contributed by atoms with van der Waals surface area (Å²) in [6, 6.07) is 123. The molecule has 0 saturated heterocycles. The largest absolute Gasteiger partial charge is 0.310 e. The van der Waals surface area contributed by atoms with Crippen LogP contribution in [0.15, 0.2) is 328 Å². The van der Waals surface area contributed by atoms with E-state index in [1.165, 1.54) is 206 Å². The van der Waals surface area contributed by atoms with Gasteiger partial charge in [0, 0.05) is 39.5 Å². The highest BCUT2D eigenvalue weighted by atomic mass is 15.1. The minimum Gasteiger partial charge on any atom is -0.310 e. The van der Waals surface area contributed by atoms with Crippen LogP contribution >= 0.6 is 0 Å². The van der Waals surface area contributed by atoms with E-state index in [1.54, 1.807) is 5.56 Å². The van der Waals surface area contributed by atoms with E-state index in [1.807, 2.05) is 0 Å². The first kappa shape index (κ1) is 66.5. The zero-order chi connectivity index (χ0) is 69.3. The number of nitrogens with zero attached hydrogens (tertiary/aromatic N) is 2. The highest BCUT2D eigenvalue weighted by Gasteiger charge is 2.43. The van der Waals surface area contributed by atoms with Gasteiger partial charge in [-0.1, -0.05) is 327 Å². The van der Waals surface area contributed by atoms with Gasteiger partial charge in [-0.3, -0.25) is 0 Å². The molecule has 0 amide bonds. The van der Waals surface area contributed by atoms with Gasteiger partial charge in [-0.25, -0.2) is 0 Å². The van der Waals surface area contributed by atoms with Crippen molar-refractivity contribution < 1.29 is 0 Å². The molecule has 0 N–H and O–H groups in total. The Morgan fingerprint density at radius 2 is 0.553 bits per heavy atom. The SMILES string of the molecule is CCCCCCCCC1(CCCCCCCC)c2cc(-c3ccccc3)ccc2-c2ccc(-c3ccc(N(c4ccc(-c5ccc(N(c6ccc(-c7ccccc7)cc6)c6ccc7c(c6)CC7)cc5)cc4)c4ccc(-c5ccc(-c6ccc7ccccc7c6)cc5)c(-c5ccccc5)c4)cc3)cc21. The number of unbranched alkanes of at least 4 members (excludes halogenated alkanes) is 10. The lowest BCUT2D eigenvalue weighted by Gasteiger charge is -2.33.